The van der Waals surface area contributed by atoms with Crippen molar-refractivity contribution in [2.45, 2.75) is 118 Å². The Morgan fingerprint density at radius 1 is 0.389 bits per heavy atom. The minimum atomic E-state index is 0.0199. The van der Waals surface area contributed by atoms with Crippen LogP contribution in [0.15, 0.2) is 11.6 Å². The van der Waals surface area contributed by atoms with Gasteiger partial charge in [0.1, 0.15) is 0 Å². The van der Waals surface area contributed by atoms with E-state index in [-0.39, 0.29) is 6.61 Å². The van der Waals surface area contributed by atoms with Crippen LogP contribution >= 0.6 is 0 Å². The average Bonchev–Trinajstić information content (AvgIpc) is 1.34. The maximum absolute atomic E-state index is 8.62. The predicted molar refractivity (Wildman–Crippen MR) is 345 cm³/mol. The molecule has 0 saturated heterocycles. The molecule has 0 heterocycles. The van der Waals surface area contributed by atoms with Crippen LogP contribution in [0, 0.1) is 52.3 Å². The van der Waals surface area contributed by atoms with Crippen molar-refractivity contribution in [1.82, 2.24) is 0 Å². The Balaban J connectivity index is 0.762. The van der Waals surface area contributed by atoms with Crippen LogP contribution in [0.4, 0.5) is 0 Å². The van der Waals surface area contributed by atoms with E-state index in [1.165, 1.54) is 64.2 Å². The van der Waals surface area contributed by atoms with E-state index >= 15 is 0 Å². The van der Waals surface area contributed by atoms with Gasteiger partial charge < -0.3 is 99.8 Å². The van der Waals surface area contributed by atoms with Crippen LogP contribution in [0.2, 0.25) is 0 Å². The van der Waals surface area contributed by atoms with Crippen molar-refractivity contribution in [2.75, 3.05) is 264 Å². The Morgan fingerprint density at radius 2 is 0.711 bits per heavy atom. The predicted octanol–water partition coefficient (Wildman–Crippen LogP) is 8.36. The fourth-order valence-electron chi connectivity index (χ4n) is 13.8. The first-order valence-electron chi connectivity index (χ1n) is 35.1. The van der Waals surface area contributed by atoms with Gasteiger partial charge in [-0.25, -0.2) is 0 Å². The van der Waals surface area contributed by atoms with Crippen molar-refractivity contribution in [3.8, 4) is 0 Å². The van der Waals surface area contributed by atoms with Crippen LogP contribution < -0.4 is 0 Å². The minimum Gasteiger partial charge on any atom is -0.394 e. The fraction of sp³-hybridized carbons (Fsp3) is 0.971. The molecule has 3 fully saturated rings. The van der Waals surface area contributed by atoms with Crippen molar-refractivity contribution in [3.63, 3.8) is 0 Å². The van der Waals surface area contributed by atoms with Crippen LogP contribution in [0.25, 0.3) is 0 Å². The highest BCUT2D eigenvalue weighted by Gasteiger charge is 2.59. The second-order valence-electron chi connectivity index (χ2n) is 25.0. The van der Waals surface area contributed by atoms with Gasteiger partial charge >= 0.3 is 0 Å². The van der Waals surface area contributed by atoms with Gasteiger partial charge in [-0.3, -0.25) is 0 Å². The molecule has 0 amide bonds. The van der Waals surface area contributed by atoms with Gasteiger partial charge in [-0.15, -0.1) is 0 Å². The molecule has 0 bridgehead atoms. The molecule has 4 aliphatic carbocycles. The largest absolute Gasteiger partial charge is 0.394 e. The normalized spacial score (nSPS) is 23.1. The molecule has 90 heavy (non-hydrogen) atoms. The van der Waals surface area contributed by atoms with Crippen molar-refractivity contribution >= 4 is 0 Å². The van der Waals surface area contributed by atoms with Gasteiger partial charge in [-0.2, -0.15) is 0 Å². The molecule has 0 unspecified atom stereocenters. The lowest BCUT2D eigenvalue weighted by molar-refractivity contribution is -0.0694. The Bertz CT molecular complexity index is 1640. The summed E-state index contributed by atoms with van der Waals surface area (Å²) in [6, 6.07) is 0. The Morgan fingerprint density at radius 3 is 1.02 bits per heavy atom. The summed E-state index contributed by atoms with van der Waals surface area (Å²) in [5.41, 5.74) is 2.59. The quantitative estimate of drug-likeness (QED) is 0.0449. The monoisotopic (exact) mass is 1290 g/mol. The van der Waals surface area contributed by atoms with Crippen LogP contribution in [-0.4, -0.2) is 275 Å². The number of hydrogen-bond acceptors (Lipinski definition) is 21. The van der Waals surface area contributed by atoms with E-state index in [0.29, 0.717) is 275 Å². The number of fused-ring (bicyclic) bond motifs is 5. The summed E-state index contributed by atoms with van der Waals surface area (Å²) in [5, 5.41) is 8.62. The van der Waals surface area contributed by atoms with Crippen LogP contribution in [0.3, 0.4) is 0 Å². The molecular formula is C69H130O21. The summed E-state index contributed by atoms with van der Waals surface area (Å²) in [5.74, 6) is 6.07. The Labute approximate surface area is 544 Å². The van der Waals surface area contributed by atoms with Gasteiger partial charge in [0, 0.05) is 0 Å². The number of allylic oxidation sites excluding steroid dienone is 1. The number of aliphatic hydroxyl groups is 1. The molecule has 21 heteroatoms. The van der Waals surface area contributed by atoms with Gasteiger partial charge in [0.25, 0.3) is 0 Å². The number of hydrogen-bond donors (Lipinski definition) is 1. The summed E-state index contributed by atoms with van der Waals surface area (Å²) in [6.45, 7) is 34.8. The van der Waals surface area contributed by atoms with E-state index in [9.17, 15) is 0 Å². The number of rotatable bonds is 66. The molecule has 0 aromatic rings. The highest BCUT2D eigenvalue weighted by molar-refractivity contribution is 5.25. The molecule has 0 radical (unpaired) electrons. The third-order valence-electron chi connectivity index (χ3n) is 18.8. The summed E-state index contributed by atoms with van der Waals surface area (Å²) in [7, 11) is 0. The number of aliphatic hydroxyl groups excluding tert-OH is 1. The highest BCUT2D eigenvalue weighted by atomic mass is 16.6. The van der Waals surface area contributed by atoms with E-state index in [1.54, 1.807) is 5.57 Å². The van der Waals surface area contributed by atoms with E-state index in [1.807, 2.05) is 0 Å². The molecule has 9 atom stereocenters. The third kappa shape index (κ3) is 36.3. The smallest absolute Gasteiger partial charge is 0.0704 e. The second-order valence-corrected chi connectivity index (χ2v) is 25.0. The maximum atomic E-state index is 8.62. The topological polar surface area (TPSA) is 205 Å². The minimum absolute atomic E-state index is 0.0199. The summed E-state index contributed by atoms with van der Waals surface area (Å²) >= 11 is 0. The molecule has 0 aromatic heterocycles. The molecule has 1 N–H and O–H groups in total. The van der Waals surface area contributed by atoms with E-state index in [0.717, 1.165) is 47.8 Å². The lowest BCUT2D eigenvalue weighted by atomic mass is 9.47. The molecule has 21 nitrogen and oxygen atoms in total. The molecule has 4 rings (SSSR count). The second kappa shape index (κ2) is 55.0. The van der Waals surface area contributed by atoms with Crippen LogP contribution in [0.1, 0.15) is 112 Å². The summed E-state index contributed by atoms with van der Waals surface area (Å²) in [4.78, 5) is 0. The summed E-state index contributed by atoms with van der Waals surface area (Å²) < 4.78 is 112. The van der Waals surface area contributed by atoms with Crippen molar-refractivity contribution in [2.24, 2.45) is 52.3 Å². The molecule has 0 spiro atoms. The fourth-order valence-corrected chi connectivity index (χ4v) is 13.8. The molecular weight excluding hydrogens is 1160 g/mol. The molecule has 532 valence electrons. The van der Waals surface area contributed by atoms with E-state index in [2.05, 4.69) is 47.6 Å². The van der Waals surface area contributed by atoms with Gasteiger partial charge in [0.15, 0.2) is 0 Å². The standard InChI is InChI=1S/C69H130O21/c1-7-61(59(2)3)9-8-60(4)65-12-13-66-64-11-10-62-58-63(14-16-68(62,5)67(64)15-17-69(65,66)6)90-57-56-89-55-54-88-53-52-87-51-50-86-49-48-85-47-46-84-45-44-83-43-42-82-41-40-81-39-38-80-37-36-79-35-34-78-33-32-77-31-30-76-29-28-75-27-26-74-25-24-73-23-22-72-21-20-71-19-18-70/h10,59-61,63-67,70H,7-9,11-58H2,1-6H3/t60-,61-,63+,64+,65-,66+,67+,68+,69-/m1/s1. The Kier molecular flexibility index (Phi) is 49.7. The van der Waals surface area contributed by atoms with E-state index < -0.39 is 0 Å². The van der Waals surface area contributed by atoms with Crippen molar-refractivity contribution in [3.05, 3.63) is 11.6 Å². The van der Waals surface area contributed by atoms with Crippen LogP contribution in [0.5, 0.6) is 0 Å². The van der Waals surface area contributed by atoms with Gasteiger partial charge in [0.2, 0.25) is 0 Å². The SMILES string of the molecule is CC[C@H](CC[C@@H](C)[C@H]1CC[C@H]2[C@@H]3CC=C4C[C@@H](OCCOCCOCCOCCOCCOCCOCCOCCOCCOCCOCCOCCOCCOCCOCCOCCOCCOCCOCCOCCO)CC[C@]4(C)[C@H]3CC[C@]12C)C(C)C. The molecule has 0 aromatic carbocycles. The van der Waals surface area contributed by atoms with Gasteiger partial charge in [-0.1, -0.05) is 66.0 Å². The lowest BCUT2D eigenvalue weighted by Crippen LogP contribution is -2.51. The zero-order valence-corrected chi connectivity index (χ0v) is 57.4. The maximum Gasteiger partial charge on any atom is 0.0704 e. The van der Waals surface area contributed by atoms with Crippen molar-refractivity contribution < 1.29 is 99.8 Å². The lowest BCUT2D eigenvalue weighted by Gasteiger charge is -2.58. The zero-order valence-electron chi connectivity index (χ0n) is 57.4. The van der Waals surface area contributed by atoms with Crippen molar-refractivity contribution in [1.29, 1.82) is 0 Å². The van der Waals surface area contributed by atoms with Gasteiger partial charge in [-0.05, 0) is 110 Å². The molecule has 0 aliphatic heterocycles. The zero-order chi connectivity index (χ0) is 64.1. The van der Waals surface area contributed by atoms with Gasteiger partial charge in [0.05, 0.1) is 270 Å². The Hall–Kier alpha value is -1.10. The van der Waals surface area contributed by atoms with Crippen LogP contribution in [-0.2, 0) is 94.7 Å². The van der Waals surface area contributed by atoms with E-state index in [4.69, 9.17) is 99.8 Å². The first-order valence-corrected chi connectivity index (χ1v) is 35.1. The first-order chi connectivity index (χ1) is 44.2. The third-order valence-corrected chi connectivity index (χ3v) is 18.8. The average molecular weight is 1300 g/mol. The molecule has 3 saturated carbocycles. The molecule has 4 aliphatic rings. The highest BCUT2D eigenvalue weighted by Crippen LogP contribution is 2.67. The first kappa shape index (κ1) is 81.3. The summed E-state index contributed by atoms with van der Waals surface area (Å²) in [6.07, 6.45) is 17.8. The number of ether oxygens (including phenoxy) is 20.